The number of halogens is 1. The molecule has 1 aromatic carbocycles. The molecule has 0 atom stereocenters. The van der Waals surface area contributed by atoms with Crippen molar-refractivity contribution in [1.29, 1.82) is 0 Å². The zero-order valence-corrected chi connectivity index (χ0v) is 12.9. The van der Waals surface area contributed by atoms with Crippen molar-refractivity contribution in [3.05, 3.63) is 58.7 Å². The number of nitrogens with one attached hydrogen (secondary N) is 1. The van der Waals surface area contributed by atoms with E-state index in [1.54, 1.807) is 18.0 Å². The Morgan fingerprint density at radius 2 is 2.05 bits per heavy atom. The van der Waals surface area contributed by atoms with Gasteiger partial charge in [-0.1, -0.05) is 41.9 Å². The van der Waals surface area contributed by atoms with E-state index in [1.165, 1.54) is 6.20 Å². The molecule has 0 saturated carbocycles. The van der Waals surface area contributed by atoms with E-state index in [2.05, 4.69) is 10.3 Å². The quantitative estimate of drug-likeness (QED) is 0.920. The lowest BCUT2D eigenvalue weighted by Crippen LogP contribution is -2.30. The van der Waals surface area contributed by atoms with Gasteiger partial charge in [0.05, 0.1) is 10.6 Å². The van der Waals surface area contributed by atoms with E-state index in [4.69, 9.17) is 11.6 Å². The van der Waals surface area contributed by atoms with Gasteiger partial charge in [0, 0.05) is 26.3 Å². The highest BCUT2D eigenvalue weighted by Crippen LogP contribution is 2.20. The van der Waals surface area contributed by atoms with Crippen LogP contribution in [-0.2, 0) is 6.54 Å². The summed E-state index contributed by atoms with van der Waals surface area (Å²) < 4.78 is 0. The largest absolute Gasteiger partial charge is 0.373 e. The normalized spacial score (nSPS) is 10.2. The Morgan fingerprint density at radius 3 is 2.67 bits per heavy atom. The smallest absolute Gasteiger partial charge is 0.255 e. The monoisotopic (exact) mass is 303 g/mol. The number of benzene rings is 1. The maximum Gasteiger partial charge on any atom is 0.255 e. The van der Waals surface area contributed by atoms with Gasteiger partial charge in [-0.2, -0.15) is 0 Å². The zero-order valence-electron chi connectivity index (χ0n) is 12.1. The van der Waals surface area contributed by atoms with Crippen LogP contribution < -0.4 is 5.32 Å². The number of nitrogens with zero attached hydrogens (tertiary/aromatic N) is 2. The second-order valence-corrected chi connectivity index (χ2v) is 5.01. The second kappa shape index (κ2) is 7.09. The van der Waals surface area contributed by atoms with Crippen LogP contribution in [0.4, 0.5) is 5.82 Å². The van der Waals surface area contributed by atoms with Crippen molar-refractivity contribution >= 4 is 23.3 Å². The van der Waals surface area contributed by atoms with Crippen LogP contribution in [0.25, 0.3) is 0 Å². The van der Waals surface area contributed by atoms with Gasteiger partial charge >= 0.3 is 0 Å². The molecule has 1 amide bonds. The minimum absolute atomic E-state index is 0.0924. The number of aromatic nitrogens is 1. The lowest BCUT2D eigenvalue weighted by Gasteiger charge is -2.21. The number of hydrogen-bond donors (Lipinski definition) is 1. The summed E-state index contributed by atoms with van der Waals surface area (Å²) in [6.07, 6.45) is 1.50. The highest BCUT2D eigenvalue weighted by molar-refractivity contribution is 6.33. The molecule has 0 aliphatic heterocycles. The molecule has 0 saturated heterocycles. The fraction of sp³-hybridized carbons (Fsp3) is 0.250. The van der Waals surface area contributed by atoms with Gasteiger partial charge in [-0.25, -0.2) is 4.98 Å². The highest BCUT2D eigenvalue weighted by Gasteiger charge is 2.18. The van der Waals surface area contributed by atoms with Crippen molar-refractivity contribution in [3.8, 4) is 0 Å². The molecule has 0 radical (unpaired) electrons. The predicted molar refractivity (Wildman–Crippen MR) is 85.7 cm³/mol. The first kappa shape index (κ1) is 15.3. The molecule has 4 nitrogen and oxygen atoms in total. The third kappa shape index (κ3) is 3.73. The average molecular weight is 304 g/mol. The van der Waals surface area contributed by atoms with Crippen LogP contribution in [0.15, 0.2) is 42.6 Å². The molecule has 0 bridgehead atoms. The topological polar surface area (TPSA) is 45.2 Å². The lowest BCUT2D eigenvalue weighted by molar-refractivity contribution is 0.0752. The molecule has 0 aliphatic carbocycles. The van der Waals surface area contributed by atoms with E-state index in [0.29, 0.717) is 29.5 Å². The first-order valence-corrected chi connectivity index (χ1v) is 7.20. The summed E-state index contributed by atoms with van der Waals surface area (Å²) in [7, 11) is 1.76. The Morgan fingerprint density at radius 1 is 1.33 bits per heavy atom. The number of amides is 1. The number of carbonyl (C=O) groups excluding carboxylic acids is 1. The van der Waals surface area contributed by atoms with E-state index in [9.17, 15) is 4.79 Å². The van der Waals surface area contributed by atoms with Crippen molar-refractivity contribution in [1.82, 2.24) is 9.88 Å². The van der Waals surface area contributed by atoms with Crippen LogP contribution in [0.2, 0.25) is 5.02 Å². The number of carbonyl (C=O) groups is 1. The van der Waals surface area contributed by atoms with Gasteiger partial charge < -0.3 is 10.2 Å². The van der Waals surface area contributed by atoms with Gasteiger partial charge in [0.25, 0.3) is 5.91 Å². The molecular formula is C16H18ClN3O. The number of rotatable bonds is 5. The van der Waals surface area contributed by atoms with Gasteiger partial charge in [0.15, 0.2) is 0 Å². The fourth-order valence-electron chi connectivity index (χ4n) is 2.04. The van der Waals surface area contributed by atoms with Crippen LogP contribution in [0.1, 0.15) is 22.8 Å². The van der Waals surface area contributed by atoms with E-state index < -0.39 is 0 Å². The van der Waals surface area contributed by atoms with Crippen LogP contribution in [0.5, 0.6) is 0 Å². The minimum atomic E-state index is -0.0924. The molecule has 0 aliphatic rings. The molecule has 110 valence electrons. The summed E-state index contributed by atoms with van der Waals surface area (Å²) in [6, 6.07) is 11.6. The zero-order chi connectivity index (χ0) is 15.2. The predicted octanol–water partition coefficient (Wildman–Crippen LogP) is 3.44. The summed E-state index contributed by atoms with van der Waals surface area (Å²) in [5.41, 5.74) is 1.56. The van der Waals surface area contributed by atoms with E-state index in [1.807, 2.05) is 37.3 Å². The van der Waals surface area contributed by atoms with Gasteiger partial charge in [-0.3, -0.25) is 4.79 Å². The van der Waals surface area contributed by atoms with Crippen LogP contribution in [-0.4, -0.2) is 29.4 Å². The van der Waals surface area contributed by atoms with Crippen LogP contribution >= 0.6 is 11.6 Å². The lowest BCUT2D eigenvalue weighted by atomic mass is 10.1. The summed E-state index contributed by atoms with van der Waals surface area (Å²) in [4.78, 5) is 18.5. The molecular weight excluding hydrogens is 286 g/mol. The summed E-state index contributed by atoms with van der Waals surface area (Å²) in [5, 5.41) is 3.28. The minimum Gasteiger partial charge on any atom is -0.373 e. The van der Waals surface area contributed by atoms with E-state index in [0.717, 1.165) is 5.56 Å². The van der Waals surface area contributed by atoms with Gasteiger partial charge in [0.1, 0.15) is 5.82 Å². The van der Waals surface area contributed by atoms with Crippen LogP contribution in [0.3, 0.4) is 0 Å². The molecule has 5 heteroatoms. The average Bonchev–Trinajstić information content (AvgIpc) is 2.53. The molecule has 0 unspecified atom stereocenters. The molecule has 1 N–H and O–H groups in total. The number of pyridine rings is 1. The first-order valence-electron chi connectivity index (χ1n) is 6.82. The molecule has 2 aromatic rings. The Hall–Kier alpha value is -2.07. The molecule has 0 fully saturated rings. The number of hydrogen-bond acceptors (Lipinski definition) is 3. The maximum absolute atomic E-state index is 12.7. The standard InChI is InChI=1S/C16H18ClN3O/c1-3-20(11-12-7-5-4-6-8-12)16(21)13-9-15(18-2)19-10-14(13)17/h4-10H,3,11H2,1-2H3,(H,18,19). The van der Waals surface area contributed by atoms with Gasteiger partial charge in [0.2, 0.25) is 0 Å². The van der Waals surface area contributed by atoms with Crippen molar-refractivity contribution in [2.75, 3.05) is 18.9 Å². The molecule has 0 spiro atoms. The molecule has 2 rings (SSSR count). The molecule has 21 heavy (non-hydrogen) atoms. The van der Waals surface area contributed by atoms with Crippen molar-refractivity contribution in [2.24, 2.45) is 0 Å². The third-order valence-electron chi connectivity index (χ3n) is 3.23. The Kier molecular flexibility index (Phi) is 5.17. The van der Waals surface area contributed by atoms with E-state index >= 15 is 0 Å². The third-order valence-corrected chi connectivity index (χ3v) is 3.53. The first-order chi connectivity index (χ1) is 10.2. The molecule has 1 aromatic heterocycles. The van der Waals surface area contributed by atoms with Crippen molar-refractivity contribution in [3.63, 3.8) is 0 Å². The second-order valence-electron chi connectivity index (χ2n) is 4.60. The summed E-state index contributed by atoms with van der Waals surface area (Å²) in [6.45, 7) is 3.12. The van der Waals surface area contributed by atoms with Crippen molar-refractivity contribution < 1.29 is 4.79 Å². The fourth-order valence-corrected chi connectivity index (χ4v) is 2.22. The Labute approximate surface area is 129 Å². The SMILES string of the molecule is CCN(Cc1ccccc1)C(=O)c1cc(NC)ncc1Cl. The summed E-state index contributed by atoms with van der Waals surface area (Å²) >= 11 is 6.11. The highest BCUT2D eigenvalue weighted by atomic mass is 35.5. The van der Waals surface area contributed by atoms with Crippen molar-refractivity contribution in [2.45, 2.75) is 13.5 Å². The molecule has 1 heterocycles. The number of anilines is 1. The summed E-state index contributed by atoms with van der Waals surface area (Å²) in [5.74, 6) is 0.531. The van der Waals surface area contributed by atoms with Gasteiger partial charge in [-0.15, -0.1) is 0 Å². The van der Waals surface area contributed by atoms with E-state index in [-0.39, 0.29) is 5.91 Å². The van der Waals surface area contributed by atoms with Gasteiger partial charge in [-0.05, 0) is 18.6 Å². The van der Waals surface area contributed by atoms with Crippen LogP contribution in [0, 0.1) is 0 Å². The maximum atomic E-state index is 12.7. The Balaban J connectivity index is 2.24. The Bertz CT molecular complexity index is 616.